The van der Waals surface area contributed by atoms with E-state index in [0.717, 1.165) is 0 Å². The van der Waals surface area contributed by atoms with Crippen LogP contribution < -0.4 is 16.4 Å². The molecule has 1 aromatic carbocycles. The van der Waals surface area contributed by atoms with Crippen molar-refractivity contribution in [1.29, 1.82) is 0 Å². The van der Waals surface area contributed by atoms with Crippen LogP contribution in [0, 0.1) is 5.82 Å². The monoisotopic (exact) mass is 262 g/mol. The highest BCUT2D eigenvalue weighted by atomic mass is 19.1. The smallest absolute Gasteiger partial charge is 0.239 e. The van der Waals surface area contributed by atoms with Gasteiger partial charge in [-0.3, -0.25) is 9.78 Å². The molecule has 0 atom stereocenters. The number of nitrogens with zero attached hydrogens (tertiary/aromatic N) is 1. The maximum atomic E-state index is 13.9. The Morgan fingerprint density at radius 3 is 3.05 bits per heavy atom. The lowest BCUT2D eigenvalue weighted by Gasteiger charge is -2.11. The molecule has 6 heteroatoms. The van der Waals surface area contributed by atoms with Crippen LogP contribution in [0.1, 0.15) is 6.92 Å². The van der Waals surface area contributed by atoms with E-state index >= 15 is 0 Å². The highest BCUT2D eigenvalue weighted by Crippen LogP contribution is 2.29. The second-order valence-electron chi connectivity index (χ2n) is 4.03. The largest absolute Gasteiger partial charge is 0.398 e. The molecular formula is C13H15FN4O. The number of nitrogens with two attached hydrogens (primary N) is 1. The summed E-state index contributed by atoms with van der Waals surface area (Å²) in [6.07, 6.45) is 1.55. The summed E-state index contributed by atoms with van der Waals surface area (Å²) in [6, 6.07) is 4.71. The van der Waals surface area contributed by atoms with Crippen molar-refractivity contribution in [2.45, 2.75) is 6.92 Å². The van der Waals surface area contributed by atoms with Crippen LogP contribution >= 0.6 is 0 Å². The van der Waals surface area contributed by atoms with Gasteiger partial charge in [0, 0.05) is 23.8 Å². The first-order valence-electron chi connectivity index (χ1n) is 5.96. The molecule has 0 saturated heterocycles. The van der Waals surface area contributed by atoms with Gasteiger partial charge in [-0.25, -0.2) is 4.39 Å². The Morgan fingerprint density at radius 1 is 1.53 bits per heavy atom. The number of carbonyl (C=O) groups is 1. The van der Waals surface area contributed by atoms with Gasteiger partial charge in [-0.05, 0) is 25.1 Å². The van der Waals surface area contributed by atoms with Crippen LogP contribution in [0.2, 0.25) is 0 Å². The van der Waals surface area contributed by atoms with E-state index in [1.54, 1.807) is 18.3 Å². The van der Waals surface area contributed by atoms with E-state index in [1.165, 1.54) is 6.07 Å². The standard InChI is InChI=1S/C13H15FN4O/c1-2-16-11(19)7-18-13-9(14)6-10(15)8-4-3-5-17-12(8)13/h3-6,18H,2,7,15H2,1H3,(H,16,19). The van der Waals surface area contributed by atoms with Crippen LogP contribution in [0.3, 0.4) is 0 Å². The molecule has 0 bridgehead atoms. The first kappa shape index (κ1) is 13.1. The van der Waals surface area contributed by atoms with Crippen LogP contribution in [-0.2, 0) is 4.79 Å². The molecule has 0 saturated carbocycles. The number of carbonyl (C=O) groups excluding carboxylic acids is 1. The zero-order valence-corrected chi connectivity index (χ0v) is 10.5. The number of nitrogen functional groups attached to an aromatic ring is 1. The summed E-state index contributed by atoms with van der Waals surface area (Å²) in [4.78, 5) is 15.5. The molecule has 5 nitrogen and oxygen atoms in total. The molecule has 0 aliphatic rings. The minimum absolute atomic E-state index is 0.0135. The second-order valence-corrected chi connectivity index (χ2v) is 4.03. The predicted octanol–water partition coefficient (Wildman–Crippen LogP) is 1.50. The number of rotatable bonds is 4. The maximum Gasteiger partial charge on any atom is 0.239 e. The number of amides is 1. The number of halogens is 1. The van der Waals surface area contributed by atoms with Crippen molar-refractivity contribution in [2.75, 3.05) is 24.1 Å². The van der Waals surface area contributed by atoms with Crippen molar-refractivity contribution in [1.82, 2.24) is 10.3 Å². The van der Waals surface area contributed by atoms with Crippen LogP contribution in [0.5, 0.6) is 0 Å². The van der Waals surface area contributed by atoms with Gasteiger partial charge in [0.2, 0.25) is 5.91 Å². The summed E-state index contributed by atoms with van der Waals surface area (Å²) < 4.78 is 13.9. The molecule has 2 rings (SSSR count). The lowest BCUT2D eigenvalue weighted by Crippen LogP contribution is -2.29. The lowest BCUT2D eigenvalue weighted by molar-refractivity contribution is -0.119. The fraction of sp³-hybridized carbons (Fsp3) is 0.231. The highest BCUT2D eigenvalue weighted by Gasteiger charge is 2.12. The number of fused-ring (bicyclic) bond motifs is 1. The molecule has 4 N–H and O–H groups in total. The second kappa shape index (κ2) is 5.51. The quantitative estimate of drug-likeness (QED) is 0.729. The number of anilines is 2. The molecule has 0 fully saturated rings. The van der Waals surface area contributed by atoms with E-state index in [-0.39, 0.29) is 18.1 Å². The van der Waals surface area contributed by atoms with E-state index in [1.807, 2.05) is 6.92 Å². The first-order valence-corrected chi connectivity index (χ1v) is 5.96. The average molecular weight is 262 g/mol. The normalized spacial score (nSPS) is 10.4. The number of pyridine rings is 1. The number of hydrogen-bond acceptors (Lipinski definition) is 4. The number of hydrogen-bond donors (Lipinski definition) is 3. The molecule has 2 aromatic rings. The number of likely N-dealkylation sites (N-methyl/N-ethyl adjacent to an activating group) is 1. The Morgan fingerprint density at radius 2 is 2.32 bits per heavy atom. The van der Waals surface area contributed by atoms with Crippen molar-refractivity contribution < 1.29 is 9.18 Å². The minimum atomic E-state index is -0.520. The molecule has 19 heavy (non-hydrogen) atoms. The van der Waals surface area contributed by atoms with Crippen molar-refractivity contribution in [3.05, 3.63) is 30.2 Å². The molecule has 0 radical (unpaired) electrons. The van der Waals surface area contributed by atoms with Crippen LogP contribution in [0.15, 0.2) is 24.4 Å². The number of nitrogens with one attached hydrogen (secondary N) is 2. The highest BCUT2D eigenvalue weighted by molar-refractivity contribution is 5.99. The van der Waals surface area contributed by atoms with Gasteiger partial charge in [0.05, 0.1) is 17.7 Å². The van der Waals surface area contributed by atoms with Gasteiger partial charge in [-0.15, -0.1) is 0 Å². The fourth-order valence-corrected chi connectivity index (χ4v) is 1.83. The third-order valence-electron chi connectivity index (χ3n) is 2.68. The molecule has 0 aliphatic heterocycles. The summed E-state index contributed by atoms with van der Waals surface area (Å²) in [5, 5.41) is 6.04. The molecule has 1 heterocycles. The Bertz CT molecular complexity index is 615. The van der Waals surface area contributed by atoms with Gasteiger partial charge < -0.3 is 16.4 Å². The van der Waals surface area contributed by atoms with Gasteiger partial charge in [0.25, 0.3) is 0 Å². The molecular weight excluding hydrogens is 247 g/mol. The van der Waals surface area contributed by atoms with Gasteiger partial charge in [-0.1, -0.05) is 0 Å². The van der Waals surface area contributed by atoms with Crippen LogP contribution in [0.4, 0.5) is 15.8 Å². The minimum Gasteiger partial charge on any atom is -0.398 e. The summed E-state index contributed by atoms with van der Waals surface area (Å²) in [6.45, 7) is 2.34. The van der Waals surface area contributed by atoms with E-state index < -0.39 is 5.82 Å². The Hall–Kier alpha value is -2.37. The molecule has 0 spiro atoms. The third-order valence-corrected chi connectivity index (χ3v) is 2.68. The van der Waals surface area contributed by atoms with Crippen molar-refractivity contribution in [2.24, 2.45) is 0 Å². The summed E-state index contributed by atoms with van der Waals surface area (Å²) in [5.74, 6) is -0.726. The van der Waals surface area contributed by atoms with Gasteiger partial charge in [0.15, 0.2) is 5.82 Å². The zero-order valence-electron chi connectivity index (χ0n) is 10.5. The van der Waals surface area contributed by atoms with E-state index in [9.17, 15) is 9.18 Å². The predicted molar refractivity (Wildman–Crippen MR) is 73.3 cm³/mol. The SMILES string of the molecule is CCNC(=O)CNc1c(F)cc(N)c2cccnc12. The topological polar surface area (TPSA) is 80.0 Å². The summed E-state index contributed by atoms with van der Waals surface area (Å²) in [5.41, 5.74) is 6.68. The molecule has 100 valence electrons. The lowest BCUT2D eigenvalue weighted by atomic mass is 10.1. The zero-order chi connectivity index (χ0) is 13.8. The third kappa shape index (κ3) is 2.73. The van der Waals surface area contributed by atoms with Crippen molar-refractivity contribution >= 4 is 28.2 Å². The Labute approximate surface area is 110 Å². The van der Waals surface area contributed by atoms with Crippen molar-refractivity contribution in [3.63, 3.8) is 0 Å². The Kier molecular flexibility index (Phi) is 3.79. The number of benzene rings is 1. The number of aromatic nitrogens is 1. The fourth-order valence-electron chi connectivity index (χ4n) is 1.83. The van der Waals surface area contributed by atoms with Crippen molar-refractivity contribution in [3.8, 4) is 0 Å². The summed E-state index contributed by atoms with van der Waals surface area (Å²) >= 11 is 0. The van der Waals surface area contributed by atoms with Crippen LogP contribution in [-0.4, -0.2) is 24.0 Å². The van der Waals surface area contributed by atoms with Gasteiger partial charge >= 0.3 is 0 Å². The van der Waals surface area contributed by atoms with Gasteiger partial charge in [-0.2, -0.15) is 0 Å². The van der Waals surface area contributed by atoms with Crippen LogP contribution in [0.25, 0.3) is 10.9 Å². The molecule has 1 aromatic heterocycles. The molecule has 0 aliphatic carbocycles. The molecule has 0 unspecified atom stereocenters. The average Bonchev–Trinajstić information content (AvgIpc) is 2.39. The maximum absolute atomic E-state index is 13.9. The van der Waals surface area contributed by atoms with E-state index in [4.69, 9.17) is 5.73 Å². The first-order chi connectivity index (χ1) is 9.13. The van der Waals surface area contributed by atoms with E-state index in [0.29, 0.717) is 23.1 Å². The van der Waals surface area contributed by atoms with Gasteiger partial charge in [0.1, 0.15) is 0 Å². The molecule has 1 amide bonds. The van der Waals surface area contributed by atoms with E-state index in [2.05, 4.69) is 15.6 Å². The Balaban J connectivity index is 2.34. The summed E-state index contributed by atoms with van der Waals surface area (Å²) in [7, 11) is 0.